The first-order valence-electron chi connectivity index (χ1n) is 7.35. The highest BCUT2D eigenvalue weighted by Crippen LogP contribution is 2.22. The van der Waals surface area contributed by atoms with E-state index < -0.39 is 17.6 Å². The Bertz CT molecular complexity index is 768. The lowest BCUT2D eigenvalue weighted by atomic mass is 9.87. The summed E-state index contributed by atoms with van der Waals surface area (Å²) >= 11 is 3.11. The molecule has 0 aliphatic rings. The van der Waals surface area contributed by atoms with E-state index in [9.17, 15) is 14.0 Å². The summed E-state index contributed by atoms with van der Waals surface area (Å²) < 4.78 is 13.3. The maximum atomic E-state index is 13.0. The number of hydrazine groups is 1. The number of rotatable bonds is 2. The van der Waals surface area contributed by atoms with E-state index in [0.29, 0.717) is 10.0 Å². The fourth-order valence-corrected chi connectivity index (χ4v) is 2.58. The van der Waals surface area contributed by atoms with Gasteiger partial charge < -0.3 is 0 Å². The first-order chi connectivity index (χ1) is 11.2. The number of hydrogen-bond donors (Lipinski definition) is 2. The molecular formula is C18H18BrFN2O2. The summed E-state index contributed by atoms with van der Waals surface area (Å²) in [4.78, 5) is 24.1. The van der Waals surface area contributed by atoms with E-state index in [-0.39, 0.29) is 11.0 Å². The van der Waals surface area contributed by atoms with Crippen LogP contribution in [0.25, 0.3) is 0 Å². The third-order valence-corrected chi connectivity index (χ3v) is 4.13. The molecule has 0 saturated heterocycles. The molecule has 0 heterocycles. The molecule has 2 rings (SSSR count). The van der Waals surface area contributed by atoms with Crippen molar-refractivity contribution in [1.29, 1.82) is 0 Å². The van der Waals surface area contributed by atoms with Gasteiger partial charge in [0.1, 0.15) is 5.82 Å². The SMILES string of the molecule is CC(C)(C)c1ccc(C(=O)NNC(=O)c2ccc(F)cc2Br)cc1. The van der Waals surface area contributed by atoms with Gasteiger partial charge in [-0.05, 0) is 57.2 Å². The van der Waals surface area contributed by atoms with Crippen molar-refractivity contribution >= 4 is 27.7 Å². The molecule has 0 bridgehead atoms. The average Bonchev–Trinajstić information content (AvgIpc) is 2.51. The van der Waals surface area contributed by atoms with Crippen LogP contribution in [-0.2, 0) is 5.41 Å². The van der Waals surface area contributed by atoms with Gasteiger partial charge in [0.05, 0.1) is 5.56 Å². The summed E-state index contributed by atoms with van der Waals surface area (Å²) in [5.41, 5.74) is 6.42. The molecule has 0 radical (unpaired) electrons. The summed E-state index contributed by atoms with van der Waals surface area (Å²) in [5.74, 6) is -1.43. The monoisotopic (exact) mass is 392 g/mol. The van der Waals surface area contributed by atoms with Gasteiger partial charge in [0.25, 0.3) is 11.8 Å². The summed E-state index contributed by atoms with van der Waals surface area (Å²) in [6.45, 7) is 6.26. The predicted octanol–water partition coefficient (Wildman–Crippen LogP) is 3.96. The lowest BCUT2D eigenvalue weighted by molar-refractivity contribution is 0.0846. The molecule has 4 nitrogen and oxygen atoms in total. The minimum absolute atomic E-state index is 0.00190. The number of hydrogen-bond acceptors (Lipinski definition) is 2. The Morgan fingerprint density at radius 1 is 0.958 bits per heavy atom. The fourth-order valence-electron chi connectivity index (χ4n) is 2.05. The van der Waals surface area contributed by atoms with Crippen LogP contribution in [0, 0.1) is 5.82 Å². The molecule has 2 amide bonds. The molecule has 2 N–H and O–H groups in total. The highest BCUT2D eigenvalue weighted by Gasteiger charge is 2.15. The summed E-state index contributed by atoms with van der Waals surface area (Å²) in [7, 11) is 0. The van der Waals surface area contributed by atoms with Crippen LogP contribution in [0.15, 0.2) is 46.9 Å². The van der Waals surface area contributed by atoms with E-state index in [0.717, 1.165) is 5.56 Å². The van der Waals surface area contributed by atoms with Gasteiger partial charge in [-0.2, -0.15) is 0 Å². The minimum atomic E-state index is -0.540. The van der Waals surface area contributed by atoms with E-state index in [1.807, 2.05) is 12.1 Å². The molecule has 0 aliphatic carbocycles. The van der Waals surface area contributed by atoms with Crippen molar-refractivity contribution < 1.29 is 14.0 Å². The smallest absolute Gasteiger partial charge is 0.267 e. The molecule has 0 spiro atoms. The molecule has 0 unspecified atom stereocenters. The second kappa shape index (κ2) is 7.13. The normalized spacial score (nSPS) is 11.0. The molecule has 126 valence electrons. The van der Waals surface area contributed by atoms with E-state index in [1.165, 1.54) is 18.2 Å². The third kappa shape index (κ3) is 4.41. The van der Waals surface area contributed by atoms with Crippen LogP contribution >= 0.6 is 15.9 Å². The summed E-state index contributed by atoms with van der Waals surface area (Å²) in [6.07, 6.45) is 0. The summed E-state index contributed by atoms with van der Waals surface area (Å²) in [5, 5.41) is 0. The topological polar surface area (TPSA) is 58.2 Å². The van der Waals surface area contributed by atoms with Crippen molar-refractivity contribution in [1.82, 2.24) is 10.9 Å². The maximum Gasteiger partial charge on any atom is 0.270 e. The van der Waals surface area contributed by atoms with Crippen molar-refractivity contribution in [3.05, 3.63) is 69.4 Å². The van der Waals surface area contributed by atoms with Crippen molar-refractivity contribution in [2.75, 3.05) is 0 Å². The van der Waals surface area contributed by atoms with Crippen LogP contribution in [0.3, 0.4) is 0 Å². The first kappa shape index (κ1) is 18.1. The van der Waals surface area contributed by atoms with Gasteiger partial charge in [-0.15, -0.1) is 0 Å². The Hall–Kier alpha value is -2.21. The van der Waals surface area contributed by atoms with Crippen molar-refractivity contribution in [2.24, 2.45) is 0 Å². The zero-order chi connectivity index (χ0) is 17.9. The average molecular weight is 393 g/mol. The molecule has 0 fully saturated rings. The number of nitrogens with one attached hydrogen (secondary N) is 2. The molecule has 0 atom stereocenters. The molecule has 2 aromatic rings. The molecular weight excluding hydrogens is 375 g/mol. The van der Waals surface area contributed by atoms with Gasteiger partial charge in [-0.1, -0.05) is 32.9 Å². The lowest BCUT2D eigenvalue weighted by Gasteiger charge is -2.19. The quantitative estimate of drug-likeness (QED) is 0.759. The Labute approximate surface area is 148 Å². The Kier molecular flexibility index (Phi) is 5.39. The first-order valence-corrected chi connectivity index (χ1v) is 8.14. The number of carbonyl (C=O) groups excluding carboxylic acids is 2. The number of halogens is 2. The highest BCUT2D eigenvalue weighted by molar-refractivity contribution is 9.10. The van der Waals surface area contributed by atoms with Crippen molar-refractivity contribution in [2.45, 2.75) is 26.2 Å². The van der Waals surface area contributed by atoms with Gasteiger partial charge in [0.15, 0.2) is 0 Å². The van der Waals surface area contributed by atoms with Gasteiger partial charge in [-0.25, -0.2) is 4.39 Å². The maximum absolute atomic E-state index is 13.0. The van der Waals surface area contributed by atoms with Crippen LogP contribution in [0.5, 0.6) is 0 Å². The molecule has 0 aliphatic heterocycles. The molecule has 0 saturated carbocycles. The third-order valence-electron chi connectivity index (χ3n) is 3.48. The van der Waals surface area contributed by atoms with E-state index in [1.54, 1.807) is 12.1 Å². The minimum Gasteiger partial charge on any atom is -0.267 e. The zero-order valence-electron chi connectivity index (χ0n) is 13.6. The number of amides is 2. The Morgan fingerprint density at radius 3 is 2.08 bits per heavy atom. The molecule has 6 heteroatoms. The van der Waals surface area contributed by atoms with Crippen LogP contribution in [0.1, 0.15) is 47.1 Å². The van der Waals surface area contributed by atoms with E-state index in [2.05, 4.69) is 47.6 Å². The lowest BCUT2D eigenvalue weighted by Crippen LogP contribution is -2.41. The van der Waals surface area contributed by atoms with E-state index >= 15 is 0 Å². The summed E-state index contributed by atoms with van der Waals surface area (Å²) in [6, 6.07) is 10.9. The van der Waals surface area contributed by atoms with Gasteiger partial charge in [-0.3, -0.25) is 20.4 Å². The second-order valence-corrected chi connectivity index (χ2v) is 7.21. The van der Waals surface area contributed by atoms with Gasteiger partial charge in [0.2, 0.25) is 0 Å². The number of carbonyl (C=O) groups is 2. The molecule has 0 aromatic heterocycles. The zero-order valence-corrected chi connectivity index (χ0v) is 15.2. The second-order valence-electron chi connectivity index (χ2n) is 6.36. The largest absolute Gasteiger partial charge is 0.270 e. The van der Waals surface area contributed by atoms with E-state index in [4.69, 9.17) is 0 Å². The number of benzene rings is 2. The van der Waals surface area contributed by atoms with Gasteiger partial charge >= 0.3 is 0 Å². The molecule has 2 aromatic carbocycles. The van der Waals surface area contributed by atoms with Crippen LogP contribution in [-0.4, -0.2) is 11.8 Å². The Balaban J connectivity index is 2.01. The standard InChI is InChI=1S/C18H18BrFN2O2/c1-18(2,3)12-6-4-11(5-7-12)16(23)21-22-17(24)14-9-8-13(20)10-15(14)19/h4-10H,1-3H3,(H,21,23)(H,22,24). The van der Waals surface area contributed by atoms with Crippen molar-refractivity contribution in [3.63, 3.8) is 0 Å². The van der Waals surface area contributed by atoms with Crippen LogP contribution < -0.4 is 10.9 Å². The predicted molar refractivity (Wildman–Crippen MR) is 94.2 cm³/mol. The highest BCUT2D eigenvalue weighted by atomic mass is 79.9. The van der Waals surface area contributed by atoms with Crippen LogP contribution in [0.2, 0.25) is 0 Å². The molecule has 24 heavy (non-hydrogen) atoms. The fraction of sp³-hybridized carbons (Fsp3) is 0.222. The van der Waals surface area contributed by atoms with Crippen LogP contribution in [0.4, 0.5) is 4.39 Å². The van der Waals surface area contributed by atoms with Crippen molar-refractivity contribution in [3.8, 4) is 0 Å². The van der Waals surface area contributed by atoms with Gasteiger partial charge in [0, 0.05) is 10.0 Å². The Morgan fingerprint density at radius 2 is 1.54 bits per heavy atom.